The zero-order chi connectivity index (χ0) is 18.1. The van der Waals surface area contributed by atoms with Crippen molar-refractivity contribution in [3.05, 3.63) is 73.7 Å². The van der Waals surface area contributed by atoms with Crippen LogP contribution in [0.15, 0.2) is 51.7 Å². The summed E-state index contributed by atoms with van der Waals surface area (Å²) < 4.78 is 6.22. The van der Waals surface area contributed by atoms with E-state index in [1.165, 1.54) is 24.4 Å². The third kappa shape index (κ3) is 3.62. The van der Waals surface area contributed by atoms with Crippen molar-refractivity contribution in [1.82, 2.24) is 0 Å². The number of anilines is 1. The SMILES string of the molecule is CN(C)c1ccc(/[N+]([O-])=C\c2cc(=O)c3cc(Cl)c(Cl)cc3o2)cc1. The molecule has 0 aliphatic rings. The highest BCUT2D eigenvalue weighted by atomic mass is 35.5. The van der Waals surface area contributed by atoms with Gasteiger partial charge in [-0.3, -0.25) is 4.79 Å². The summed E-state index contributed by atoms with van der Waals surface area (Å²) in [5.74, 6) is 0.127. The molecule has 0 spiro atoms. The molecule has 25 heavy (non-hydrogen) atoms. The van der Waals surface area contributed by atoms with Crippen LogP contribution in [-0.4, -0.2) is 25.0 Å². The molecule has 0 aliphatic heterocycles. The molecule has 0 N–H and O–H groups in total. The third-order valence-electron chi connectivity index (χ3n) is 3.65. The second-order valence-corrected chi connectivity index (χ2v) is 6.46. The van der Waals surface area contributed by atoms with Crippen LogP contribution in [-0.2, 0) is 0 Å². The van der Waals surface area contributed by atoms with Crippen molar-refractivity contribution >= 4 is 51.8 Å². The summed E-state index contributed by atoms with van der Waals surface area (Å²) in [5.41, 5.74) is 1.36. The second-order valence-electron chi connectivity index (χ2n) is 5.64. The minimum atomic E-state index is -0.303. The summed E-state index contributed by atoms with van der Waals surface area (Å²) in [6.07, 6.45) is 1.20. The third-order valence-corrected chi connectivity index (χ3v) is 4.38. The van der Waals surface area contributed by atoms with Crippen molar-refractivity contribution in [2.75, 3.05) is 19.0 Å². The molecule has 0 saturated carbocycles. The molecule has 3 rings (SSSR count). The Morgan fingerprint density at radius 2 is 1.72 bits per heavy atom. The van der Waals surface area contributed by atoms with Crippen molar-refractivity contribution in [3.63, 3.8) is 0 Å². The van der Waals surface area contributed by atoms with E-state index in [2.05, 4.69) is 0 Å². The average Bonchev–Trinajstić information content (AvgIpc) is 2.57. The van der Waals surface area contributed by atoms with Crippen molar-refractivity contribution in [1.29, 1.82) is 0 Å². The van der Waals surface area contributed by atoms with E-state index in [1.807, 2.05) is 31.1 Å². The van der Waals surface area contributed by atoms with Gasteiger partial charge in [-0.25, -0.2) is 0 Å². The molecular formula is C18H14Cl2N2O3. The molecule has 2 aromatic carbocycles. The first-order valence-electron chi connectivity index (χ1n) is 7.36. The maximum Gasteiger partial charge on any atom is 0.223 e. The Hall–Kier alpha value is -2.50. The van der Waals surface area contributed by atoms with E-state index in [0.29, 0.717) is 15.8 Å². The molecular weight excluding hydrogens is 363 g/mol. The Labute approximate surface area is 153 Å². The number of halogens is 2. The molecule has 0 amide bonds. The van der Waals surface area contributed by atoms with E-state index in [4.69, 9.17) is 27.6 Å². The second kappa shape index (κ2) is 6.78. The normalized spacial score (nSPS) is 11.8. The first-order valence-corrected chi connectivity index (χ1v) is 8.12. The van der Waals surface area contributed by atoms with E-state index < -0.39 is 0 Å². The Morgan fingerprint density at radius 1 is 1.08 bits per heavy atom. The van der Waals surface area contributed by atoms with Gasteiger partial charge in [-0.2, -0.15) is 4.74 Å². The number of hydrogen-bond donors (Lipinski definition) is 0. The van der Waals surface area contributed by atoms with Crippen molar-refractivity contribution in [2.24, 2.45) is 0 Å². The molecule has 0 aliphatic carbocycles. The smallest absolute Gasteiger partial charge is 0.223 e. The monoisotopic (exact) mass is 376 g/mol. The summed E-state index contributed by atoms with van der Waals surface area (Å²) in [7, 11) is 3.83. The minimum Gasteiger partial charge on any atom is -0.618 e. The predicted octanol–water partition coefficient (Wildman–Crippen LogP) is 4.43. The topological polar surface area (TPSA) is 59.5 Å². The zero-order valence-electron chi connectivity index (χ0n) is 13.5. The molecule has 0 bridgehead atoms. The van der Waals surface area contributed by atoms with Crippen LogP contribution in [0.3, 0.4) is 0 Å². The lowest BCUT2D eigenvalue weighted by Gasteiger charge is -2.12. The van der Waals surface area contributed by atoms with Gasteiger partial charge >= 0.3 is 0 Å². The average molecular weight is 377 g/mol. The van der Waals surface area contributed by atoms with Gasteiger partial charge in [-0.05, 0) is 18.2 Å². The van der Waals surface area contributed by atoms with Crippen LogP contribution >= 0.6 is 23.2 Å². The molecule has 1 aromatic heterocycles. The Morgan fingerprint density at radius 3 is 2.36 bits per heavy atom. The number of rotatable bonds is 3. The van der Waals surface area contributed by atoms with Gasteiger partial charge < -0.3 is 14.5 Å². The van der Waals surface area contributed by atoms with Crippen LogP contribution in [0.5, 0.6) is 0 Å². The van der Waals surface area contributed by atoms with Crippen LogP contribution in [0.1, 0.15) is 5.76 Å². The lowest BCUT2D eigenvalue weighted by Crippen LogP contribution is -2.08. The summed E-state index contributed by atoms with van der Waals surface area (Å²) in [5, 5.41) is 13.1. The lowest BCUT2D eigenvalue weighted by molar-refractivity contribution is -0.354. The zero-order valence-corrected chi connectivity index (χ0v) is 15.0. The lowest BCUT2D eigenvalue weighted by atomic mass is 10.2. The maximum atomic E-state index is 12.3. The van der Waals surface area contributed by atoms with Crippen molar-refractivity contribution in [2.45, 2.75) is 0 Å². The minimum absolute atomic E-state index is 0.127. The Balaban J connectivity index is 2.02. The summed E-state index contributed by atoms with van der Waals surface area (Å²) in [4.78, 5) is 14.1. The van der Waals surface area contributed by atoms with Crippen molar-refractivity contribution < 1.29 is 9.16 Å². The fraction of sp³-hybridized carbons (Fsp3) is 0.111. The molecule has 0 unspecified atom stereocenters. The molecule has 7 heteroatoms. The largest absolute Gasteiger partial charge is 0.618 e. The Kier molecular flexibility index (Phi) is 4.70. The molecule has 5 nitrogen and oxygen atoms in total. The van der Waals surface area contributed by atoms with Gasteiger partial charge in [-0.1, -0.05) is 23.2 Å². The van der Waals surface area contributed by atoms with Gasteiger partial charge in [0.1, 0.15) is 5.58 Å². The first kappa shape index (κ1) is 17.3. The molecule has 128 valence electrons. The van der Waals surface area contributed by atoms with Crippen LogP contribution in [0.4, 0.5) is 11.4 Å². The fourth-order valence-electron chi connectivity index (χ4n) is 2.32. The van der Waals surface area contributed by atoms with E-state index in [9.17, 15) is 10.0 Å². The van der Waals surface area contributed by atoms with Gasteiger partial charge in [0.15, 0.2) is 11.2 Å². The number of benzene rings is 2. The van der Waals surface area contributed by atoms with Crippen LogP contribution in [0.25, 0.3) is 11.0 Å². The van der Waals surface area contributed by atoms with E-state index in [1.54, 1.807) is 12.1 Å². The van der Waals surface area contributed by atoms with Gasteiger partial charge in [0.2, 0.25) is 11.9 Å². The number of fused-ring (bicyclic) bond motifs is 1. The molecule has 0 fully saturated rings. The fourth-order valence-corrected chi connectivity index (χ4v) is 2.64. The standard InChI is InChI=1S/C18H14Cl2N2O3/c1-21(2)11-3-5-12(6-4-11)22(24)10-13-7-17(23)14-8-15(19)16(20)9-18(14)25-13/h3-10H,1-2H3/b22-10+. The molecule has 0 atom stereocenters. The highest BCUT2D eigenvalue weighted by Gasteiger charge is 2.10. The Bertz CT molecular complexity index is 1020. The van der Waals surface area contributed by atoms with Gasteiger partial charge in [-0.15, -0.1) is 0 Å². The molecule has 0 saturated heterocycles. The number of nitrogens with zero attached hydrogens (tertiary/aromatic N) is 2. The molecule has 0 radical (unpaired) electrons. The highest BCUT2D eigenvalue weighted by Crippen LogP contribution is 2.26. The van der Waals surface area contributed by atoms with Gasteiger partial charge in [0.05, 0.1) is 15.4 Å². The summed E-state index contributed by atoms with van der Waals surface area (Å²) in [6.45, 7) is 0. The van der Waals surface area contributed by atoms with Gasteiger partial charge in [0.25, 0.3) is 0 Å². The predicted molar refractivity (Wildman–Crippen MR) is 102 cm³/mol. The summed E-state index contributed by atoms with van der Waals surface area (Å²) in [6, 6.07) is 11.2. The van der Waals surface area contributed by atoms with E-state index in [-0.39, 0.29) is 26.8 Å². The van der Waals surface area contributed by atoms with Crippen LogP contribution in [0.2, 0.25) is 10.0 Å². The van der Waals surface area contributed by atoms with Gasteiger partial charge in [0, 0.05) is 44.0 Å². The molecule has 1 heterocycles. The summed E-state index contributed by atoms with van der Waals surface area (Å²) >= 11 is 11.9. The first-order chi connectivity index (χ1) is 11.8. The maximum absolute atomic E-state index is 12.3. The van der Waals surface area contributed by atoms with Crippen LogP contribution < -0.4 is 10.3 Å². The quantitative estimate of drug-likeness (QED) is 0.293. The van der Waals surface area contributed by atoms with E-state index in [0.717, 1.165) is 5.69 Å². The molecule has 3 aromatic rings. The van der Waals surface area contributed by atoms with Crippen molar-refractivity contribution in [3.8, 4) is 0 Å². The van der Waals surface area contributed by atoms with E-state index >= 15 is 0 Å². The van der Waals surface area contributed by atoms with Crippen LogP contribution in [0, 0.1) is 5.21 Å². The number of hydrogen-bond acceptors (Lipinski definition) is 4. The highest BCUT2D eigenvalue weighted by molar-refractivity contribution is 6.42.